The number of Topliss-reactive ketones (excluding diaryl/α,β-unsaturated/α-hetero) is 2. The molecule has 0 aliphatic carbocycles. The van der Waals surface area contributed by atoms with Crippen LogP contribution in [0.5, 0.6) is 0 Å². The molecule has 11 heavy (non-hydrogen) atoms. The van der Waals surface area contributed by atoms with Gasteiger partial charge in [0.15, 0.2) is 0 Å². The fourth-order valence-corrected chi connectivity index (χ4v) is 0.736. The summed E-state index contributed by atoms with van der Waals surface area (Å²) < 4.78 is 0. The Bertz CT molecular complexity index is 129. The number of aliphatic hydroxyl groups is 1. The minimum absolute atomic E-state index is 0. The number of hydrogen-bond donors (Lipinski definition) is 1. The van der Waals surface area contributed by atoms with Gasteiger partial charge in [-0.15, -0.1) is 0 Å². The van der Waals surface area contributed by atoms with Gasteiger partial charge in [-0.2, -0.15) is 0 Å². The Labute approximate surface area is 102 Å². The second-order valence-electron chi connectivity index (χ2n) is 2.47. The normalized spacial score (nSPS) is 9.09. The van der Waals surface area contributed by atoms with Crippen LogP contribution in [0.3, 0.4) is 0 Å². The summed E-state index contributed by atoms with van der Waals surface area (Å²) in [6, 6.07) is 0. The largest absolute Gasteiger partial charge is 0.392 e. The second kappa shape index (κ2) is 7.39. The van der Waals surface area contributed by atoms with Crippen molar-refractivity contribution in [2.45, 2.75) is 32.8 Å². The zero-order chi connectivity index (χ0) is 8.15. The van der Waals surface area contributed by atoms with Crippen molar-refractivity contribution in [1.82, 2.24) is 0 Å². The molecule has 0 spiro atoms. The molecular weight excluding hydrogens is 359 g/mol. The molecule has 0 heterocycles. The number of aliphatic hydroxyl groups excluding tert-OH is 1. The summed E-state index contributed by atoms with van der Waals surface area (Å²) in [5, 5.41) is 8.95. The molecule has 4 heteroatoms. The summed E-state index contributed by atoms with van der Waals surface area (Å²) >= 11 is 0. The molecular formula is C7H12AcO3. The van der Waals surface area contributed by atoms with Gasteiger partial charge in [-0.05, 0) is 13.8 Å². The average Bonchev–Trinajstić information content (AvgIpc) is 1.58. The number of rotatable bonds is 4. The van der Waals surface area contributed by atoms with Gasteiger partial charge in [0.25, 0.3) is 0 Å². The van der Waals surface area contributed by atoms with Crippen LogP contribution in [0.2, 0.25) is 0 Å². The number of carbonyl (C=O) groups excluding carboxylic acids is 2. The molecule has 0 unspecified atom stereocenters. The van der Waals surface area contributed by atoms with Crippen LogP contribution >= 0.6 is 0 Å². The molecule has 0 aliphatic rings. The molecule has 0 aromatic rings. The van der Waals surface area contributed by atoms with Gasteiger partial charge in [0, 0.05) is 56.9 Å². The van der Waals surface area contributed by atoms with E-state index in [9.17, 15) is 9.59 Å². The molecule has 0 saturated carbocycles. The van der Waals surface area contributed by atoms with Crippen LogP contribution in [0, 0.1) is 44.1 Å². The first-order valence-electron chi connectivity index (χ1n) is 3.19. The zero-order valence-corrected chi connectivity index (χ0v) is 11.6. The average molecular weight is 371 g/mol. The van der Waals surface area contributed by atoms with Crippen LogP contribution in [-0.4, -0.2) is 22.8 Å². The van der Waals surface area contributed by atoms with Crippen LogP contribution in [0.4, 0.5) is 0 Å². The smallest absolute Gasteiger partial charge is 0.132 e. The molecule has 1 radical (unpaired) electrons. The topological polar surface area (TPSA) is 54.4 Å². The molecule has 3 nitrogen and oxygen atoms in total. The Kier molecular flexibility index (Phi) is 9.60. The second-order valence-corrected chi connectivity index (χ2v) is 2.47. The van der Waals surface area contributed by atoms with E-state index in [1.807, 2.05) is 0 Å². The maximum Gasteiger partial charge on any atom is 0.132 e. The van der Waals surface area contributed by atoms with Gasteiger partial charge in [0.2, 0.25) is 0 Å². The van der Waals surface area contributed by atoms with Crippen LogP contribution in [-0.2, 0) is 9.59 Å². The Morgan fingerprint density at radius 3 is 1.64 bits per heavy atom. The van der Waals surface area contributed by atoms with Gasteiger partial charge in [-0.3, -0.25) is 9.59 Å². The molecule has 61 valence electrons. The molecule has 0 amide bonds. The predicted octanol–water partition coefficient (Wildman–Crippen LogP) is 0.305. The first-order valence-corrected chi connectivity index (χ1v) is 3.19. The third-order valence-electron chi connectivity index (χ3n) is 1.05. The molecule has 0 aliphatic heterocycles. The van der Waals surface area contributed by atoms with Crippen molar-refractivity contribution in [3.05, 3.63) is 0 Å². The number of carbonyl (C=O) groups is 2. The minimum Gasteiger partial charge on any atom is -0.392 e. The maximum atomic E-state index is 10.4. The molecule has 0 rings (SSSR count). The third-order valence-corrected chi connectivity index (χ3v) is 1.05. The van der Waals surface area contributed by atoms with E-state index in [1.165, 1.54) is 13.8 Å². The first kappa shape index (κ1) is 14.3. The molecule has 0 aromatic carbocycles. The van der Waals surface area contributed by atoms with Crippen LogP contribution in [0.25, 0.3) is 0 Å². The van der Waals surface area contributed by atoms with Gasteiger partial charge < -0.3 is 5.11 Å². The van der Waals surface area contributed by atoms with E-state index in [0.29, 0.717) is 0 Å². The summed E-state index contributed by atoms with van der Waals surface area (Å²) in [4.78, 5) is 20.7. The summed E-state index contributed by atoms with van der Waals surface area (Å²) in [6.45, 7) is 2.78. The summed E-state index contributed by atoms with van der Waals surface area (Å²) in [6.07, 6.45) is -0.617. The number of ketones is 2. The van der Waals surface area contributed by atoms with Crippen molar-refractivity contribution in [2.24, 2.45) is 0 Å². The van der Waals surface area contributed by atoms with Gasteiger partial charge in [0.1, 0.15) is 11.6 Å². The van der Waals surface area contributed by atoms with Crippen LogP contribution in [0.1, 0.15) is 26.7 Å². The fraction of sp³-hybridized carbons (Fsp3) is 0.714. The van der Waals surface area contributed by atoms with Crippen molar-refractivity contribution >= 4 is 11.6 Å². The summed E-state index contributed by atoms with van der Waals surface area (Å²) in [5.74, 6) is -0.178. The first-order chi connectivity index (χ1) is 4.52. The van der Waals surface area contributed by atoms with Gasteiger partial charge in [0.05, 0.1) is 6.10 Å². The standard InChI is InChI=1S/C7H12O3.Ac/c1-5(8)3-7(10)4-6(2)9;/h7,10H,3-4H2,1-2H3;. The predicted molar refractivity (Wildman–Crippen MR) is 36.6 cm³/mol. The van der Waals surface area contributed by atoms with E-state index >= 15 is 0 Å². The number of hydrogen-bond acceptors (Lipinski definition) is 3. The van der Waals surface area contributed by atoms with Gasteiger partial charge in [-0.25, -0.2) is 0 Å². The summed E-state index contributed by atoms with van der Waals surface area (Å²) in [7, 11) is 0. The van der Waals surface area contributed by atoms with Crippen molar-refractivity contribution in [3.63, 3.8) is 0 Å². The Balaban J connectivity index is 0. The molecule has 0 aromatic heterocycles. The van der Waals surface area contributed by atoms with Crippen molar-refractivity contribution in [3.8, 4) is 0 Å². The minimum atomic E-state index is -0.782. The van der Waals surface area contributed by atoms with Crippen molar-refractivity contribution in [2.75, 3.05) is 0 Å². The monoisotopic (exact) mass is 371 g/mol. The van der Waals surface area contributed by atoms with Crippen LogP contribution in [0.15, 0.2) is 0 Å². The fourth-order valence-electron chi connectivity index (χ4n) is 0.736. The van der Waals surface area contributed by atoms with E-state index in [0.717, 1.165) is 0 Å². The zero-order valence-electron chi connectivity index (χ0n) is 6.83. The molecule has 0 fully saturated rings. The molecule has 0 bridgehead atoms. The molecule has 1 N–H and O–H groups in total. The van der Waals surface area contributed by atoms with E-state index in [2.05, 4.69) is 0 Å². The molecule has 0 atom stereocenters. The van der Waals surface area contributed by atoms with Crippen molar-refractivity contribution < 1.29 is 58.8 Å². The Morgan fingerprint density at radius 1 is 1.18 bits per heavy atom. The van der Waals surface area contributed by atoms with E-state index in [-0.39, 0.29) is 68.5 Å². The van der Waals surface area contributed by atoms with E-state index in [4.69, 9.17) is 5.11 Å². The summed E-state index contributed by atoms with van der Waals surface area (Å²) in [5.41, 5.74) is 0. The Hall–Kier alpha value is 0.742. The van der Waals surface area contributed by atoms with Gasteiger partial charge >= 0.3 is 0 Å². The van der Waals surface area contributed by atoms with Crippen LogP contribution < -0.4 is 0 Å². The SMILES string of the molecule is CC(=O)CC(O)CC(C)=O.[Ac]. The van der Waals surface area contributed by atoms with Gasteiger partial charge in [-0.1, -0.05) is 0 Å². The molecule has 0 saturated heterocycles. The van der Waals surface area contributed by atoms with Crippen molar-refractivity contribution in [1.29, 1.82) is 0 Å². The third kappa shape index (κ3) is 10.7. The Morgan fingerprint density at radius 2 is 1.45 bits per heavy atom. The van der Waals surface area contributed by atoms with E-state index < -0.39 is 6.10 Å². The maximum absolute atomic E-state index is 10.4. The van der Waals surface area contributed by atoms with E-state index in [1.54, 1.807) is 0 Å². The quantitative estimate of drug-likeness (QED) is 0.774.